The lowest BCUT2D eigenvalue weighted by Crippen LogP contribution is -2.52. The van der Waals surface area contributed by atoms with Crippen LogP contribution in [0.4, 0.5) is 4.39 Å². The minimum atomic E-state index is -0.201. The van der Waals surface area contributed by atoms with Gasteiger partial charge in [0.25, 0.3) is 0 Å². The van der Waals surface area contributed by atoms with Gasteiger partial charge in [-0.15, -0.1) is 0 Å². The molecule has 27 heavy (non-hydrogen) atoms. The van der Waals surface area contributed by atoms with Crippen LogP contribution < -0.4 is 0 Å². The zero-order valence-electron chi connectivity index (χ0n) is 16.2. The summed E-state index contributed by atoms with van der Waals surface area (Å²) in [6, 6.07) is 7.03. The highest BCUT2D eigenvalue weighted by Gasteiger charge is 2.27. The number of nitrogens with one attached hydrogen (secondary N) is 1. The van der Waals surface area contributed by atoms with E-state index in [1.807, 2.05) is 18.3 Å². The second kappa shape index (κ2) is 9.97. The maximum Gasteiger partial charge on any atom is 0.123 e. The molecule has 1 aromatic heterocycles. The molecule has 1 saturated heterocycles. The maximum absolute atomic E-state index is 13.1. The molecule has 1 unspecified atom stereocenters. The predicted molar refractivity (Wildman–Crippen MR) is 105 cm³/mol. The molecule has 6 heteroatoms. The minimum Gasteiger partial charge on any atom is -0.396 e. The van der Waals surface area contributed by atoms with Gasteiger partial charge in [-0.2, -0.15) is 0 Å². The fourth-order valence-electron chi connectivity index (χ4n) is 3.75. The Morgan fingerprint density at radius 1 is 1.22 bits per heavy atom. The number of piperazine rings is 1. The number of unbranched alkanes of at least 4 members (excludes halogenated alkanes) is 1. The summed E-state index contributed by atoms with van der Waals surface area (Å²) in [5.41, 5.74) is 2.28. The van der Waals surface area contributed by atoms with Crippen LogP contribution in [0.25, 0.3) is 0 Å². The fraction of sp³-hybridized carbons (Fsp3) is 0.571. The zero-order valence-corrected chi connectivity index (χ0v) is 16.2. The monoisotopic (exact) mass is 374 g/mol. The number of nitrogens with zero attached hydrogens (tertiary/aromatic N) is 3. The van der Waals surface area contributed by atoms with E-state index in [2.05, 4.69) is 26.7 Å². The minimum absolute atomic E-state index is 0.184. The van der Waals surface area contributed by atoms with Crippen molar-refractivity contribution in [1.82, 2.24) is 19.8 Å². The van der Waals surface area contributed by atoms with Gasteiger partial charge in [0.05, 0.1) is 0 Å². The topological polar surface area (TPSA) is 55.4 Å². The number of hydrogen-bond donors (Lipinski definition) is 2. The van der Waals surface area contributed by atoms with E-state index >= 15 is 0 Å². The fourth-order valence-corrected chi connectivity index (χ4v) is 3.75. The number of hydrogen-bond acceptors (Lipinski definition) is 4. The first-order valence-corrected chi connectivity index (χ1v) is 10.0. The first kappa shape index (κ1) is 20.0. The molecule has 2 aromatic rings. The smallest absolute Gasteiger partial charge is 0.123 e. The summed E-state index contributed by atoms with van der Waals surface area (Å²) in [5.74, 6) is 0.877. The molecule has 0 saturated carbocycles. The van der Waals surface area contributed by atoms with Crippen LogP contribution in [0.5, 0.6) is 0 Å². The molecule has 1 aliphatic heterocycles. The van der Waals surface area contributed by atoms with Crippen molar-refractivity contribution in [3.63, 3.8) is 0 Å². The molecule has 0 aliphatic carbocycles. The van der Waals surface area contributed by atoms with Crippen LogP contribution in [0, 0.1) is 5.82 Å². The molecule has 5 nitrogen and oxygen atoms in total. The van der Waals surface area contributed by atoms with Gasteiger partial charge in [0.2, 0.25) is 0 Å². The summed E-state index contributed by atoms with van der Waals surface area (Å²) in [6.45, 7) is 6.88. The number of halogens is 1. The number of aromatic amines is 1. The van der Waals surface area contributed by atoms with E-state index in [1.165, 1.54) is 18.6 Å². The van der Waals surface area contributed by atoms with E-state index in [4.69, 9.17) is 0 Å². The number of aliphatic hydroxyl groups excluding tert-OH is 1. The first-order valence-electron chi connectivity index (χ1n) is 10.0. The Morgan fingerprint density at radius 3 is 2.78 bits per heavy atom. The number of imidazole rings is 1. The number of aliphatic hydroxyl groups is 1. The molecular formula is C21H31FN4O. The van der Waals surface area contributed by atoms with Crippen molar-refractivity contribution in [2.45, 2.75) is 51.7 Å². The van der Waals surface area contributed by atoms with Gasteiger partial charge in [0.1, 0.15) is 11.6 Å². The number of H-pyrrole nitrogens is 1. The largest absolute Gasteiger partial charge is 0.396 e. The van der Waals surface area contributed by atoms with Gasteiger partial charge in [-0.3, -0.25) is 9.80 Å². The van der Waals surface area contributed by atoms with Crippen molar-refractivity contribution in [1.29, 1.82) is 0 Å². The second-order valence-corrected chi connectivity index (χ2v) is 7.46. The standard InChI is InChI=1S/C21H31FN4O/c1-2-3-4-21-23-13-19(24-21)15-25-10-11-26(20(16-25)9-12-27)14-17-5-7-18(22)8-6-17/h5-8,13,20,27H,2-4,9-12,14-16H2,1H3,(H,23,24). The highest BCUT2D eigenvalue weighted by atomic mass is 19.1. The molecule has 1 atom stereocenters. The van der Waals surface area contributed by atoms with Gasteiger partial charge >= 0.3 is 0 Å². The quantitative estimate of drug-likeness (QED) is 0.709. The van der Waals surface area contributed by atoms with Gasteiger partial charge in [-0.1, -0.05) is 25.5 Å². The van der Waals surface area contributed by atoms with Crippen molar-refractivity contribution < 1.29 is 9.50 Å². The van der Waals surface area contributed by atoms with Gasteiger partial charge in [-0.25, -0.2) is 9.37 Å². The van der Waals surface area contributed by atoms with Gasteiger partial charge < -0.3 is 10.1 Å². The third-order valence-electron chi connectivity index (χ3n) is 5.29. The van der Waals surface area contributed by atoms with Gasteiger partial charge in [0, 0.05) is 63.7 Å². The molecule has 0 spiro atoms. The number of rotatable bonds is 9. The van der Waals surface area contributed by atoms with Crippen LogP contribution in [-0.4, -0.2) is 57.2 Å². The molecular weight excluding hydrogens is 343 g/mol. The van der Waals surface area contributed by atoms with Crippen molar-refractivity contribution in [2.24, 2.45) is 0 Å². The zero-order chi connectivity index (χ0) is 19.1. The summed E-state index contributed by atoms with van der Waals surface area (Å²) in [6.07, 6.45) is 6.05. The van der Waals surface area contributed by atoms with E-state index in [0.29, 0.717) is 6.04 Å². The third kappa shape index (κ3) is 5.86. The summed E-state index contributed by atoms with van der Waals surface area (Å²) in [5, 5.41) is 9.49. The molecule has 1 fully saturated rings. The second-order valence-electron chi connectivity index (χ2n) is 7.46. The maximum atomic E-state index is 13.1. The molecule has 1 aliphatic rings. The average Bonchev–Trinajstić information content (AvgIpc) is 3.11. The summed E-state index contributed by atoms with van der Waals surface area (Å²) >= 11 is 0. The number of aryl methyl sites for hydroxylation is 1. The van der Waals surface area contributed by atoms with Crippen LogP contribution in [0.1, 0.15) is 43.3 Å². The van der Waals surface area contributed by atoms with Crippen molar-refractivity contribution in [2.75, 3.05) is 26.2 Å². The van der Waals surface area contributed by atoms with Crippen LogP contribution in [0.3, 0.4) is 0 Å². The predicted octanol–water partition coefficient (Wildman–Crippen LogP) is 2.96. The molecule has 0 bridgehead atoms. The van der Waals surface area contributed by atoms with Gasteiger partial charge in [0.15, 0.2) is 0 Å². The summed E-state index contributed by atoms with van der Waals surface area (Å²) < 4.78 is 13.1. The molecule has 2 N–H and O–H groups in total. The lowest BCUT2D eigenvalue weighted by Gasteiger charge is -2.41. The van der Waals surface area contributed by atoms with Crippen molar-refractivity contribution >= 4 is 0 Å². The lowest BCUT2D eigenvalue weighted by atomic mass is 10.1. The Hall–Kier alpha value is -1.76. The Labute approximate surface area is 161 Å². The summed E-state index contributed by atoms with van der Waals surface area (Å²) in [4.78, 5) is 12.8. The first-order chi connectivity index (χ1) is 13.2. The highest BCUT2D eigenvalue weighted by molar-refractivity contribution is 5.16. The lowest BCUT2D eigenvalue weighted by molar-refractivity contribution is 0.0494. The van der Waals surface area contributed by atoms with E-state index in [9.17, 15) is 9.50 Å². The number of benzene rings is 1. The van der Waals surface area contributed by atoms with Crippen LogP contribution >= 0.6 is 0 Å². The molecule has 2 heterocycles. The molecule has 1 aromatic carbocycles. The van der Waals surface area contributed by atoms with Crippen LogP contribution in [-0.2, 0) is 19.5 Å². The van der Waals surface area contributed by atoms with Gasteiger partial charge in [-0.05, 0) is 30.5 Å². The molecule has 0 amide bonds. The average molecular weight is 375 g/mol. The van der Waals surface area contributed by atoms with E-state index in [-0.39, 0.29) is 12.4 Å². The molecule has 3 rings (SSSR count). The molecule has 148 valence electrons. The SMILES string of the molecule is CCCCc1ncc(CN2CCN(Cc3ccc(F)cc3)C(CCO)C2)[nH]1. The third-order valence-corrected chi connectivity index (χ3v) is 5.29. The van der Waals surface area contributed by atoms with E-state index in [0.717, 1.165) is 69.1 Å². The number of aromatic nitrogens is 2. The highest BCUT2D eigenvalue weighted by Crippen LogP contribution is 2.18. The van der Waals surface area contributed by atoms with Crippen molar-refractivity contribution in [3.8, 4) is 0 Å². The van der Waals surface area contributed by atoms with E-state index in [1.54, 1.807) is 0 Å². The Balaban J connectivity index is 1.56. The van der Waals surface area contributed by atoms with Crippen LogP contribution in [0.2, 0.25) is 0 Å². The van der Waals surface area contributed by atoms with Crippen molar-refractivity contribution in [3.05, 3.63) is 53.4 Å². The summed E-state index contributed by atoms with van der Waals surface area (Å²) in [7, 11) is 0. The Kier molecular flexibility index (Phi) is 7.38. The van der Waals surface area contributed by atoms with E-state index < -0.39 is 0 Å². The van der Waals surface area contributed by atoms with Crippen LogP contribution in [0.15, 0.2) is 30.5 Å². The Morgan fingerprint density at radius 2 is 2.04 bits per heavy atom. The Bertz CT molecular complexity index is 688. The normalized spacial score (nSPS) is 18.9. The molecule has 0 radical (unpaired) electrons.